The van der Waals surface area contributed by atoms with Crippen LogP contribution in [-0.2, 0) is 9.53 Å². The number of carbonyl (C=O) groups excluding carboxylic acids is 2. The number of amides is 2. The summed E-state index contributed by atoms with van der Waals surface area (Å²) >= 11 is 0. The molecule has 3 heterocycles. The number of ether oxygens (including phenoxy) is 3. The first-order valence-electron chi connectivity index (χ1n) is 11.8. The van der Waals surface area contributed by atoms with Crippen LogP contribution in [0.3, 0.4) is 0 Å². The van der Waals surface area contributed by atoms with Crippen LogP contribution in [0.25, 0.3) is 0 Å². The summed E-state index contributed by atoms with van der Waals surface area (Å²) in [6, 6.07) is 16.9. The fourth-order valence-corrected chi connectivity index (χ4v) is 3.96. The fraction of sp³-hybridized carbons (Fsp3) is 0.250. The molecular formula is C28H26N4O5. The highest BCUT2D eigenvalue weighted by Crippen LogP contribution is 2.32. The highest BCUT2D eigenvalue weighted by Gasteiger charge is 2.35. The monoisotopic (exact) mass is 498 g/mol. The van der Waals surface area contributed by atoms with Gasteiger partial charge in [0, 0.05) is 45.1 Å². The Kier molecular flexibility index (Phi) is 6.77. The lowest BCUT2D eigenvalue weighted by Crippen LogP contribution is -2.59. The van der Waals surface area contributed by atoms with Crippen molar-refractivity contribution in [1.82, 2.24) is 15.6 Å². The van der Waals surface area contributed by atoms with Crippen LogP contribution in [0.15, 0.2) is 66.9 Å². The van der Waals surface area contributed by atoms with Crippen molar-refractivity contribution in [3.63, 3.8) is 0 Å². The maximum Gasteiger partial charge on any atom is 0.270 e. The lowest BCUT2D eigenvalue weighted by Gasteiger charge is -2.36. The number of benzene rings is 2. The number of aromatic nitrogens is 1. The summed E-state index contributed by atoms with van der Waals surface area (Å²) in [7, 11) is 3.29. The molecule has 2 aliphatic heterocycles. The number of nitrogens with zero attached hydrogens (tertiary/aromatic N) is 2. The van der Waals surface area contributed by atoms with Crippen molar-refractivity contribution >= 4 is 17.5 Å². The molecule has 0 unspecified atom stereocenters. The number of rotatable bonds is 5. The Balaban J connectivity index is 1.29. The smallest absolute Gasteiger partial charge is 0.270 e. The molecule has 0 aliphatic carbocycles. The molecule has 1 aromatic heterocycles. The molecular weight excluding hydrogens is 472 g/mol. The average molecular weight is 499 g/mol. The lowest BCUT2D eigenvalue weighted by atomic mass is 9.97. The van der Waals surface area contributed by atoms with Crippen LogP contribution in [0.2, 0.25) is 0 Å². The van der Waals surface area contributed by atoms with Crippen molar-refractivity contribution in [3.05, 3.63) is 78.1 Å². The highest BCUT2D eigenvalue weighted by atomic mass is 16.5. The third-order valence-corrected chi connectivity index (χ3v) is 6.25. The van der Waals surface area contributed by atoms with Gasteiger partial charge in [0.25, 0.3) is 11.8 Å². The summed E-state index contributed by atoms with van der Waals surface area (Å²) in [5.74, 6) is 7.10. The standard InChI is InChI=1S/C28H26N4O5/c1-32-24-14-19(10-12-28(35-2)17-29-18-28)8-9-25(24)36-16-23(27(32)34)31-26(33)22-15-21(11-13-30-22)37-20-6-4-3-5-7-20/h3-9,11,13-15,23,29H,16-18H2,1-2H3,(H,31,33)/t23-/m1/s1. The van der Waals surface area contributed by atoms with E-state index >= 15 is 0 Å². The molecule has 0 spiro atoms. The SMILES string of the molecule is COC1(C#Cc2ccc3c(c2)N(C)C(=O)[C@H](NC(=O)c2cc(Oc4ccccc4)ccn2)CO3)CNC1. The summed E-state index contributed by atoms with van der Waals surface area (Å²) in [4.78, 5) is 31.8. The van der Waals surface area contributed by atoms with Crippen LogP contribution in [0.1, 0.15) is 16.1 Å². The Morgan fingerprint density at radius 3 is 2.70 bits per heavy atom. The molecule has 9 nitrogen and oxygen atoms in total. The summed E-state index contributed by atoms with van der Waals surface area (Å²) in [5, 5.41) is 5.90. The largest absolute Gasteiger partial charge is 0.489 e. The van der Waals surface area contributed by atoms with Crippen LogP contribution in [-0.4, -0.2) is 62.3 Å². The van der Waals surface area contributed by atoms with E-state index < -0.39 is 17.6 Å². The quantitative estimate of drug-likeness (QED) is 0.521. The number of carbonyl (C=O) groups is 2. The number of fused-ring (bicyclic) bond motifs is 1. The zero-order valence-electron chi connectivity index (χ0n) is 20.5. The molecule has 0 radical (unpaired) electrons. The molecule has 0 saturated carbocycles. The summed E-state index contributed by atoms with van der Waals surface area (Å²) in [6.07, 6.45) is 1.48. The second-order valence-corrected chi connectivity index (χ2v) is 8.76. The second kappa shape index (κ2) is 10.3. The zero-order chi connectivity index (χ0) is 25.8. The van der Waals surface area contributed by atoms with Gasteiger partial charge in [-0.3, -0.25) is 14.6 Å². The molecule has 2 aromatic carbocycles. The molecule has 0 bridgehead atoms. The van der Waals surface area contributed by atoms with E-state index in [1.165, 1.54) is 17.2 Å². The van der Waals surface area contributed by atoms with Gasteiger partial charge in [0.1, 0.15) is 35.6 Å². The van der Waals surface area contributed by atoms with E-state index in [2.05, 4.69) is 27.5 Å². The molecule has 1 fully saturated rings. The van der Waals surface area contributed by atoms with Crippen LogP contribution >= 0.6 is 0 Å². The van der Waals surface area contributed by atoms with Gasteiger partial charge in [-0.1, -0.05) is 30.0 Å². The highest BCUT2D eigenvalue weighted by molar-refractivity contribution is 6.03. The van der Waals surface area contributed by atoms with Gasteiger partial charge < -0.3 is 29.7 Å². The van der Waals surface area contributed by atoms with Gasteiger partial charge >= 0.3 is 0 Å². The zero-order valence-corrected chi connectivity index (χ0v) is 20.5. The first kappa shape index (κ1) is 24.3. The van der Waals surface area contributed by atoms with E-state index in [1.807, 2.05) is 36.4 Å². The number of anilines is 1. The van der Waals surface area contributed by atoms with Crippen molar-refractivity contribution in [3.8, 4) is 29.1 Å². The van der Waals surface area contributed by atoms with Crippen molar-refractivity contribution < 1.29 is 23.8 Å². The van der Waals surface area contributed by atoms with Gasteiger partial charge in [0.15, 0.2) is 5.60 Å². The predicted octanol–water partition coefficient (Wildman–Crippen LogP) is 2.37. The molecule has 2 N–H and O–H groups in total. The topological polar surface area (TPSA) is 102 Å². The summed E-state index contributed by atoms with van der Waals surface area (Å²) in [5.41, 5.74) is 0.939. The molecule has 3 aromatic rings. The third-order valence-electron chi connectivity index (χ3n) is 6.25. The molecule has 188 valence electrons. The van der Waals surface area contributed by atoms with Gasteiger partial charge in [-0.25, -0.2) is 0 Å². The van der Waals surface area contributed by atoms with Crippen molar-refractivity contribution in [1.29, 1.82) is 0 Å². The van der Waals surface area contributed by atoms with E-state index in [1.54, 1.807) is 32.4 Å². The van der Waals surface area contributed by atoms with Crippen LogP contribution in [0.4, 0.5) is 5.69 Å². The van der Waals surface area contributed by atoms with E-state index in [4.69, 9.17) is 14.2 Å². The first-order valence-corrected chi connectivity index (χ1v) is 11.8. The summed E-state index contributed by atoms with van der Waals surface area (Å²) < 4.78 is 17.2. The van der Waals surface area contributed by atoms with Crippen molar-refractivity contribution in [2.24, 2.45) is 0 Å². The molecule has 1 atom stereocenters. The molecule has 2 aliphatic rings. The third kappa shape index (κ3) is 5.26. The minimum atomic E-state index is -0.905. The van der Waals surface area contributed by atoms with Gasteiger partial charge in [-0.15, -0.1) is 0 Å². The van der Waals surface area contributed by atoms with E-state index in [9.17, 15) is 9.59 Å². The maximum absolute atomic E-state index is 13.2. The Morgan fingerprint density at radius 2 is 1.97 bits per heavy atom. The fourth-order valence-electron chi connectivity index (χ4n) is 3.96. The van der Waals surface area contributed by atoms with Crippen molar-refractivity contribution in [2.75, 3.05) is 38.8 Å². The van der Waals surface area contributed by atoms with Gasteiger partial charge in [-0.05, 0) is 36.4 Å². The Bertz CT molecular complexity index is 1370. The van der Waals surface area contributed by atoms with E-state index in [-0.39, 0.29) is 18.2 Å². The van der Waals surface area contributed by atoms with Crippen LogP contribution in [0, 0.1) is 11.8 Å². The molecule has 9 heteroatoms. The van der Waals surface area contributed by atoms with Crippen LogP contribution in [0.5, 0.6) is 17.2 Å². The lowest BCUT2D eigenvalue weighted by molar-refractivity contribution is -0.120. The van der Waals surface area contributed by atoms with E-state index in [0.717, 1.165) is 5.56 Å². The van der Waals surface area contributed by atoms with Gasteiger partial charge in [-0.2, -0.15) is 0 Å². The number of methoxy groups -OCH3 is 1. The Labute approximate surface area is 214 Å². The second-order valence-electron chi connectivity index (χ2n) is 8.76. The van der Waals surface area contributed by atoms with Gasteiger partial charge in [0.05, 0.1) is 5.69 Å². The predicted molar refractivity (Wildman–Crippen MR) is 137 cm³/mol. The van der Waals surface area contributed by atoms with Gasteiger partial charge in [0.2, 0.25) is 0 Å². The molecule has 2 amide bonds. The number of hydrogen-bond acceptors (Lipinski definition) is 7. The minimum Gasteiger partial charge on any atom is -0.489 e. The van der Waals surface area contributed by atoms with Crippen molar-refractivity contribution in [2.45, 2.75) is 11.6 Å². The first-order chi connectivity index (χ1) is 18.0. The maximum atomic E-state index is 13.2. The number of para-hydroxylation sites is 1. The summed E-state index contributed by atoms with van der Waals surface area (Å²) in [6.45, 7) is 1.31. The molecule has 37 heavy (non-hydrogen) atoms. The minimum absolute atomic E-state index is 0.0222. The number of pyridine rings is 1. The number of likely N-dealkylation sites (N-methyl/N-ethyl adjacent to an activating group) is 1. The Morgan fingerprint density at radius 1 is 1.16 bits per heavy atom. The van der Waals surface area contributed by atoms with Crippen LogP contribution < -0.4 is 25.0 Å². The molecule has 1 saturated heterocycles. The van der Waals surface area contributed by atoms with E-state index in [0.29, 0.717) is 36.0 Å². The molecule has 5 rings (SSSR count). The average Bonchev–Trinajstić information content (AvgIpc) is 3.01. The number of hydrogen-bond donors (Lipinski definition) is 2. The number of nitrogens with one attached hydrogen (secondary N) is 2. The normalized spacial score (nSPS) is 17.7. The Hall–Kier alpha value is -4.39.